The van der Waals surface area contributed by atoms with Crippen LogP contribution in [0.4, 0.5) is 0 Å². The van der Waals surface area contributed by atoms with Crippen molar-refractivity contribution in [3.8, 4) is 28.5 Å². The number of aromatic nitrogens is 1. The van der Waals surface area contributed by atoms with E-state index in [1.807, 2.05) is 60.7 Å². The minimum absolute atomic E-state index is 0.143. The zero-order chi connectivity index (χ0) is 24.1. The first-order valence-corrected chi connectivity index (χ1v) is 11.1. The van der Waals surface area contributed by atoms with Crippen LogP contribution in [-0.4, -0.2) is 38.8 Å². The van der Waals surface area contributed by atoms with Gasteiger partial charge >= 0.3 is 0 Å². The van der Waals surface area contributed by atoms with Crippen molar-refractivity contribution in [1.29, 1.82) is 0 Å². The van der Waals surface area contributed by atoms with Crippen LogP contribution in [0.15, 0.2) is 72.8 Å². The second kappa shape index (κ2) is 10.3. The molecule has 34 heavy (non-hydrogen) atoms. The van der Waals surface area contributed by atoms with E-state index in [1.165, 1.54) is 5.56 Å². The summed E-state index contributed by atoms with van der Waals surface area (Å²) in [5, 5.41) is 3.89. The summed E-state index contributed by atoms with van der Waals surface area (Å²) in [7, 11) is 4.70. The third kappa shape index (κ3) is 4.66. The van der Waals surface area contributed by atoms with E-state index >= 15 is 0 Å². The van der Waals surface area contributed by atoms with Gasteiger partial charge in [0.2, 0.25) is 5.75 Å². The van der Waals surface area contributed by atoms with E-state index in [2.05, 4.69) is 24.4 Å². The fraction of sp³-hybridized carbons (Fsp3) is 0.214. The number of rotatable bonds is 8. The van der Waals surface area contributed by atoms with Crippen LogP contribution in [0.25, 0.3) is 22.2 Å². The van der Waals surface area contributed by atoms with Crippen molar-refractivity contribution in [3.05, 3.63) is 83.9 Å². The van der Waals surface area contributed by atoms with Gasteiger partial charge in [0.15, 0.2) is 11.5 Å². The van der Waals surface area contributed by atoms with Crippen LogP contribution in [0.3, 0.4) is 0 Å². The quantitative estimate of drug-likeness (QED) is 0.381. The summed E-state index contributed by atoms with van der Waals surface area (Å²) >= 11 is 0. The molecule has 6 heteroatoms. The minimum Gasteiger partial charge on any atom is -0.493 e. The molecule has 6 nitrogen and oxygen atoms in total. The second-order valence-corrected chi connectivity index (χ2v) is 8.01. The van der Waals surface area contributed by atoms with Gasteiger partial charge in [0, 0.05) is 17.5 Å². The molecule has 0 aliphatic carbocycles. The molecule has 1 atom stereocenters. The maximum atomic E-state index is 13.3. The number of para-hydroxylation sites is 1. The lowest BCUT2D eigenvalue weighted by Crippen LogP contribution is -2.27. The Morgan fingerprint density at radius 1 is 0.882 bits per heavy atom. The number of hydrogen-bond donors (Lipinski definition) is 1. The molecule has 1 aromatic heterocycles. The van der Waals surface area contributed by atoms with Gasteiger partial charge in [-0.2, -0.15) is 0 Å². The van der Waals surface area contributed by atoms with Crippen molar-refractivity contribution in [2.45, 2.75) is 12.8 Å². The zero-order valence-corrected chi connectivity index (χ0v) is 19.8. The number of carbonyl (C=O) groups excluding carboxylic acids is 1. The topological polar surface area (TPSA) is 69.7 Å². The Labute approximate surface area is 199 Å². The molecule has 0 saturated heterocycles. The lowest BCUT2D eigenvalue weighted by molar-refractivity contribution is 0.0953. The third-order valence-corrected chi connectivity index (χ3v) is 5.86. The van der Waals surface area contributed by atoms with Gasteiger partial charge in [-0.05, 0) is 35.7 Å². The number of nitrogens with one attached hydrogen (secondary N) is 1. The Morgan fingerprint density at radius 2 is 1.53 bits per heavy atom. The van der Waals surface area contributed by atoms with E-state index in [0.29, 0.717) is 35.1 Å². The summed E-state index contributed by atoms with van der Waals surface area (Å²) in [4.78, 5) is 18.1. The van der Waals surface area contributed by atoms with Crippen molar-refractivity contribution in [2.24, 2.45) is 0 Å². The largest absolute Gasteiger partial charge is 0.493 e. The molecule has 1 unspecified atom stereocenters. The van der Waals surface area contributed by atoms with Gasteiger partial charge in [-0.3, -0.25) is 4.79 Å². The monoisotopic (exact) mass is 456 g/mol. The summed E-state index contributed by atoms with van der Waals surface area (Å²) in [5.74, 6) is 1.59. The van der Waals surface area contributed by atoms with E-state index in [4.69, 9.17) is 19.2 Å². The van der Waals surface area contributed by atoms with Crippen LogP contribution in [0.5, 0.6) is 17.2 Å². The standard InChI is InChI=1S/C28H28N2O4/c1-18(19-10-6-5-7-11-19)17-29-28(31)22-16-24(30-23-13-9-8-12-21(22)23)20-14-25(32-2)27(34-4)26(15-20)33-3/h5-16,18H,17H2,1-4H3,(H,29,31). The number of fused-ring (bicyclic) bond motifs is 1. The molecule has 0 radical (unpaired) electrons. The molecule has 0 saturated carbocycles. The Kier molecular flexibility index (Phi) is 6.97. The first-order valence-electron chi connectivity index (χ1n) is 11.1. The number of amides is 1. The molecule has 1 N–H and O–H groups in total. The van der Waals surface area contributed by atoms with Crippen LogP contribution >= 0.6 is 0 Å². The highest BCUT2D eigenvalue weighted by molar-refractivity contribution is 6.07. The Balaban J connectivity index is 1.72. The number of nitrogens with zero attached hydrogens (tertiary/aromatic N) is 1. The number of hydrogen-bond acceptors (Lipinski definition) is 5. The number of pyridine rings is 1. The fourth-order valence-corrected chi connectivity index (χ4v) is 3.98. The van der Waals surface area contributed by atoms with E-state index in [-0.39, 0.29) is 11.8 Å². The highest BCUT2D eigenvalue weighted by atomic mass is 16.5. The molecule has 0 aliphatic rings. The summed E-state index contributed by atoms with van der Waals surface area (Å²) in [6, 6.07) is 23.3. The molecule has 1 amide bonds. The first kappa shape index (κ1) is 23.1. The Bertz CT molecular complexity index is 1280. The SMILES string of the molecule is COc1cc(-c2cc(C(=O)NCC(C)c3ccccc3)c3ccccc3n2)cc(OC)c1OC. The van der Waals surface area contributed by atoms with E-state index in [1.54, 1.807) is 21.3 Å². The molecule has 4 rings (SSSR count). The fourth-order valence-electron chi connectivity index (χ4n) is 3.98. The number of methoxy groups -OCH3 is 3. The van der Waals surface area contributed by atoms with Gasteiger partial charge in [-0.25, -0.2) is 4.98 Å². The predicted octanol–water partition coefficient (Wildman–Crippen LogP) is 5.46. The molecule has 174 valence electrons. The normalized spacial score (nSPS) is 11.6. The highest BCUT2D eigenvalue weighted by Crippen LogP contribution is 2.41. The lowest BCUT2D eigenvalue weighted by Gasteiger charge is -2.16. The molecule has 3 aromatic carbocycles. The lowest BCUT2D eigenvalue weighted by atomic mass is 10.0. The molecule has 0 fully saturated rings. The predicted molar refractivity (Wildman–Crippen MR) is 134 cm³/mol. The van der Waals surface area contributed by atoms with Crippen molar-refractivity contribution in [3.63, 3.8) is 0 Å². The molecule has 0 aliphatic heterocycles. The minimum atomic E-state index is -0.143. The van der Waals surface area contributed by atoms with Gasteiger partial charge in [0.25, 0.3) is 5.91 Å². The van der Waals surface area contributed by atoms with Gasteiger partial charge in [-0.1, -0.05) is 55.5 Å². The van der Waals surface area contributed by atoms with Gasteiger partial charge in [-0.15, -0.1) is 0 Å². The summed E-state index contributed by atoms with van der Waals surface area (Å²) in [6.45, 7) is 2.63. The number of benzene rings is 3. The van der Waals surface area contributed by atoms with Crippen molar-refractivity contribution < 1.29 is 19.0 Å². The van der Waals surface area contributed by atoms with Gasteiger partial charge in [0.05, 0.1) is 38.1 Å². The van der Waals surface area contributed by atoms with Crippen LogP contribution < -0.4 is 19.5 Å². The maximum absolute atomic E-state index is 13.3. The van der Waals surface area contributed by atoms with Crippen LogP contribution in [0.2, 0.25) is 0 Å². The average Bonchev–Trinajstić information content (AvgIpc) is 2.90. The average molecular weight is 457 g/mol. The van der Waals surface area contributed by atoms with Crippen LogP contribution in [0, 0.1) is 0 Å². The van der Waals surface area contributed by atoms with Crippen molar-refractivity contribution >= 4 is 16.8 Å². The molecule has 0 bridgehead atoms. The summed E-state index contributed by atoms with van der Waals surface area (Å²) in [6.07, 6.45) is 0. The number of carbonyl (C=O) groups is 1. The molecule has 4 aromatic rings. The Morgan fingerprint density at radius 3 is 2.18 bits per heavy atom. The van der Waals surface area contributed by atoms with Crippen LogP contribution in [-0.2, 0) is 0 Å². The summed E-state index contributed by atoms with van der Waals surface area (Å²) < 4.78 is 16.4. The number of ether oxygens (including phenoxy) is 3. The molecule has 1 heterocycles. The smallest absolute Gasteiger partial charge is 0.252 e. The maximum Gasteiger partial charge on any atom is 0.252 e. The molecule has 0 spiro atoms. The van der Waals surface area contributed by atoms with Crippen LogP contribution in [0.1, 0.15) is 28.8 Å². The van der Waals surface area contributed by atoms with Gasteiger partial charge < -0.3 is 19.5 Å². The zero-order valence-electron chi connectivity index (χ0n) is 19.8. The Hall–Kier alpha value is -4.06. The van der Waals surface area contributed by atoms with E-state index in [0.717, 1.165) is 16.5 Å². The second-order valence-electron chi connectivity index (χ2n) is 8.01. The van der Waals surface area contributed by atoms with E-state index in [9.17, 15) is 4.79 Å². The van der Waals surface area contributed by atoms with Crippen molar-refractivity contribution in [1.82, 2.24) is 10.3 Å². The van der Waals surface area contributed by atoms with Crippen molar-refractivity contribution in [2.75, 3.05) is 27.9 Å². The highest BCUT2D eigenvalue weighted by Gasteiger charge is 2.18. The summed E-state index contributed by atoms with van der Waals surface area (Å²) in [5.41, 5.74) is 3.87. The third-order valence-electron chi connectivity index (χ3n) is 5.86. The first-order chi connectivity index (χ1) is 16.5. The van der Waals surface area contributed by atoms with Gasteiger partial charge in [0.1, 0.15) is 0 Å². The molecular weight excluding hydrogens is 428 g/mol. The molecular formula is C28H28N2O4. The van der Waals surface area contributed by atoms with E-state index < -0.39 is 0 Å².